The maximum Gasteiger partial charge on any atom is 0.573 e. The lowest BCUT2D eigenvalue weighted by Crippen LogP contribution is -2.17. The number of halogens is 6. The first-order valence-corrected chi connectivity index (χ1v) is 5.83. The number of alkyl halides is 3. The average Bonchev–Trinajstić information content (AvgIpc) is 2.40. The summed E-state index contributed by atoms with van der Waals surface area (Å²) in [4.78, 5) is 0. The van der Waals surface area contributed by atoms with Gasteiger partial charge in [-0.1, -0.05) is 24.3 Å². The molecule has 0 bridgehead atoms. The van der Waals surface area contributed by atoms with Gasteiger partial charge in [-0.2, -0.15) is 0 Å². The molecule has 8 heteroatoms. The number of benzene rings is 2. The van der Waals surface area contributed by atoms with E-state index >= 15 is 0 Å². The highest BCUT2D eigenvalue weighted by Crippen LogP contribution is 2.27. The van der Waals surface area contributed by atoms with Crippen LogP contribution in [-0.2, 0) is 0 Å². The van der Waals surface area contributed by atoms with Crippen LogP contribution in [0.15, 0.2) is 42.5 Å². The van der Waals surface area contributed by atoms with Gasteiger partial charge in [0, 0.05) is 5.56 Å². The third kappa shape index (κ3) is 4.32. The van der Waals surface area contributed by atoms with Gasteiger partial charge in [0.05, 0.1) is 6.04 Å². The molecule has 0 amide bonds. The second-order valence-electron chi connectivity index (χ2n) is 4.24. The third-order valence-electron chi connectivity index (χ3n) is 2.79. The van der Waals surface area contributed by atoms with E-state index in [4.69, 9.17) is 5.73 Å². The first-order valence-electron chi connectivity index (χ1n) is 5.83. The predicted octanol–water partition coefficient (Wildman–Crippen LogP) is 4.33. The number of rotatable bonds is 3. The van der Waals surface area contributed by atoms with Crippen molar-refractivity contribution in [2.24, 2.45) is 5.73 Å². The van der Waals surface area contributed by atoms with Gasteiger partial charge in [-0.3, -0.25) is 0 Å². The standard InChI is InChI=1S/C14H10F5NO.ClH/c15-11-3-1-2-10(12(11)16)13(20)8-4-6-9(7-5-8)21-14(17,18)19;/h1-7,13H,20H2;1H/t13-;/m1./s1. The Morgan fingerprint density at radius 2 is 1.55 bits per heavy atom. The summed E-state index contributed by atoms with van der Waals surface area (Å²) in [5.41, 5.74) is 6.04. The fourth-order valence-electron chi connectivity index (χ4n) is 1.82. The van der Waals surface area contributed by atoms with Gasteiger partial charge >= 0.3 is 6.36 Å². The number of ether oxygens (including phenoxy) is 1. The summed E-state index contributed by atoms with van der Waals surface area (Å²) in [6, 6.07) is 7.19. The molecule has 1 atom stereocenters. The SMILES string of the molecule is Cl.N[C@H](c1ccc(OC(F)(F)F)cc1)c1cccc(F)c1F. The molecule has 2 N–H and O–H groups in total. The summed E-state index contributed by atoms with van der Waals surface area (Å²) in [5, 5.41) is 0. The highest BCUT2D eigenvalue weighted by molar-refractivity contribution is 5.85. The minimum Gasteiger partial charge on any atom is -0.406 e. The van der Waals surface area contributed by atoms with Crippen LogP contribution in [0.5, 0.6) is 5.75 Å². The lowest BCUT2D eigenvalue weighted by atomic mass is 9.99. The smallest absolute Gasteiger partial charge is 0.406 e. The monoisotopic (exact) mass is 339 g/mol. The van der Waals surface area contributed by atoms with Gasteiger partial charge in [-0.05, 0) is 23.8 Å². The summed E-state index contributed by atoms with van der Waals surface area (Å²) in [7, 11) is 0. The van der Waals surface area contributed by atoms with E-state index in [1.165, 1.54) is 24.3 Å². The Morgan fingerprint density at radius 3 is 2.09 bits per heavy atom. The lowest BCUT2D eigenvalue weighted by molar-refractivity contribution is -0.274. The quantitative estimate of drug-likeness (QED) is 0.845. The second-order valence-corrected chi connectivity index (χ2v) is 4.24. The van der Waals surface area contributed by atoms with Crippen LogP contribution >= 0.6 is 12.4 Å². The molecule has 0 aliphatic carbocycles. The van der Waals surface area contributed by atoms with E-state index in [-0.39, 0.29) is 18.0 Å². The van der Waals surface area contributed by atoms with Gasteiger partial charge in [-0.25, -0.2) is 8.78 Å². The molecule has 2 aromatic rings. The van der Waals surface area contributed by atoms with Gasteiger partial charge in [0.15, 0.2) is 11.6 Å². The van der Waals surface area contributed by atoms with Gasteiger partial charge in [0.2, 0.25) is 0 Å². The van der Waals surface area contributed by atoms with Gasteiger partial charge < -0.3 is 10.5 Å². The maximum absolute atomic E-state index is 13.6. The molecule has 2 aromatic carbocycles. The molecule has 2 rings (SSSR count). The normalized spacial score (nSPS) is 12.5. The molecule has 120 valence electrons. The Kier molecular flexibility index (Phi) is 5.73. The molecular formula is C14H11ClF5NO. The first-order chi connectivity index (χ1) is 9.78. The molecular weight excluding hydrogens is 329 g/mol. The molecule has 0 saturated heterocycles. The largest absolute Gasteiger partial charge is 0.573 e. The molecule has 0 spiro atoms. The van der Waals surface area contributed by atoms with E-state index in [2.05, 4.69) is 4.74 Å². The first kappa shape index (κ1) is 18.2. The van der Waals surface area contributed by atoms with E-state index in [1.807, 2.05) is 0 Å². The van der Waals surface area contributed by atoms with Crippen molar-refractivity contribution in [2.75, 3.05) is 0 Å². The summed E-state index contributed by atoms with van der Waals surface area (Å²) < 4.78 is 66.5. The average molecular weight is 340 g/mol. The van der Waals surface area contributed by atoms with Gasteiger partial charge in [0.1, 0.15) is 5.75 Å². The predicted molar refractivity (Wildman–Crippen MR) is 72.8 cm³/mol. The van der Waals surface area contributed by atoms with Crippen LogP contribution in [0.3, 0.4) is 0 Å². The van der Waals surface area contributed by atoms with Crippen LogP contribution < -0.4 is 10.5 Å². The van der Waals surface area contributed by atoms with Gasteiger partial charge in [-0.15, -0.1) is 25.6 Å². The molecule has 0 fully saturated rings. The van der Waals surface area contributed by atoms with Crippen LogP contribution in [0, 0.1) is 11.6 Å². The Morgan fingerprint density at radius 1 is 0.955 bits per heavy atom. The summed E-state index contributed by atoms with van der Waals surface area (Å²) >= 11 is 0. The van der Waals surface area contributed by atoms with E-state index in [9.17, 15) is 22.0 Å². The fraction of sp³-hybridized carbons (Fsp3) is 0.143. The molecule has 0 saturated carbocycles. The van der Waals surface area contributed by atoms with E-state index in [1.54, 1.807) is 0 Å². The van der Waals surface area contributed by atoms with E-state index in [0.717, 1.165) is 18.2 Å². The summed E-state index contributed by atoms with van der Waals surface area (Å²) in [6.07, 6.45) is -4.79. The number of hydrogen-bond acceptors (Lipinski definition) is 2. The Hall–Kier alpha value is -1.86. The van der Waals surface area contributed by atoms with Crippen LogP contribution in [0.2, 0.25) is 0 Å². The zero-order chi connectivity index (χ0) is 15.6. The molecule has 0 aliphatic heterocycles. The zero-order valence-electron chi connectivity index (χ0n) is 10.9. The van der Waals surface area contributed by atoms with Crippen molar-refractivity contribution in [3.63, 3.8) is 0 Å². The molecule has 0 aromatic heterocycles. The number of hydrogen-bond donors (Lipinski definition) is 1. The fourth-order valence-corrected chi connectivity index (χ4v) is 1.82. The molecule has 0 aliphatic rings. The Bertz CT molecular complexity index is 630. The minimum atomic E-state index is -4.79. The summed E-state index contributed by atoms with van der Waals surface area (Å²) in [5.74, 6) is -2.54. The zero-order valence-corrected chi connectivity index (χ0v) is 11.7. The van der Waals surface area contributed by atoms with Crippen molar-refractivity contribution in [2.45, 2.75) is 12.4 Å². The van der Waals surface area contributed by atoms with Gasteiger partial charge in [0.25, 0.3) is 0 Å². The molecule has 22 heavy (non-hydrogen) atoms. The lowest BCUT2D eigenvalue weighted by Gasteiger charge is -2.15. The topological polar surface area (TPSA) is 35.2 Å². The highest BCUT2D eigenvalue weighted by atomic mass is 35.5. The highest BCUT2D eigenvalue weighted by Gasteiger charge is 2.31. The van der Waals surface area contributed by atoms with Crippen LogP contribution in [-0.4, -0.2) is 6.36 Å². The minimum absolute atomic E-state index is 0. The van der Waals surface area contributed by atoms with Crippen LogP contribution in [0.4, 0.5) is 22.0 Å². The Labute approximate surface area is 129 Å². The van der Waals surface area contributed by atoms with Crippen molar-refractivity contribution in [3.05, 3.63) is 65.2 Å². The summed E-state index contributed by atoms with van der Waals surface area (Å²) in [6.45, 7) is 0. The Balaban J connectivity index is 0.00000242. The second kappa shape index (κ2) is 6.93. The van der Waals surface area contributed by atoms with Crippen molar-refractivity contribution in [1.82, 2.24) is 0 Å². The molecule has 2 nitrogen and oxygen atoms in total. The van der Waals surface area contributed by atoms with E-state index in [0.29, 0.717) is 5.56 Å². The van der Waals surface area contributed by atoms with Crippen molar-refractivity contribution >= 4 is 12.4 Å². The van der Waals surface area contributed by atoms with Crippen LogP contribution in [0.25, 0.3) is 0 Å². The maximum atomic E-state index is 13.6. The van der Waals surface area contributed by atoms with Crippen LogP contribution in [0.1, 0.15) is 17.2 Å². The third-order valence-corrected chi connectivity index (χ3v) is 2.79. The number of nitrogens with two attached hydrogens (primary N) is 1. The molecule has 0 heterocycles. The van der Waals surface area contributed by atoms with E-state index < -0.39 is 29.8 Å². The molecule has 0 radical (unpaired) electrons. The van der Waals surface area contributed by atoms with Crippen molar-refractivity contribution in [1.29, 1.82) is 0 Å². The van der Waals surface area contributed by atoms with Crippen molar-refractivity contribution in [3.8, 4) is 5.75 Å². The molecule has 0 unspecified atom stereocenters. The van der Waals surface area contributed by atoms with Crippen molar-refractivity contribution < 1.29 is 26.7 Å².